The van der Waals surface area contributed by atoms with E-state index in [4.69, 9.17) is 5.11 Å². The quantitative estimate of drug-likeness (QED) is 0.402. The highest BCUT2D eigenvalue weighted by Crippen LogP contribution is 2.65. The zero-order chi connectivity index (χ0) is 22.9. The van der Waals surface area contributed by atoms with Crippen LogP contribution in [0.15, 0.2) is 23.3 Å². The van der Waals surface area contributed by atoms with Crippen LogP contribution in [-0.4, -0.2) is 67.0 Å². The monoisotopic (exact) mass is 434 g/mol. The summed E-state index contributed by atoms with van der Waals surface area (Å²) in [5, 5.41) is 52.5. The molecular formula is C23H30O8. The zero-order valence-corrected chi connectivity index (χ0v) is 17.7. The smallest absolute Gasteiger partial charge is 0.306 e. The van der Waals surface area contributed by atoms with Gasteiger partial charge in [-0.25, -0.2) is 0 Å². The topological polar surface area (TPSA) is 152 Å². The van der Waals surface area contributed by atoms with Crippen molar-refractivity contribution in [2.75, 3.05) is 0 Å². The highest BCUT2D eigenvalue weighted by atomic mass is 16.4. The molecule has 4 rings (SSSR count). The number of hydrogen-bond acceptors (Lipinski definition) is 7. The molecule has 0 aliphatic heterocycles. The van der Waals surface area contributed by atoms with Crippen LogP contribution >= 0.6 is 0 Å². The molecule has 0 saturated heterocycles. The molecule has 8 atom stereocenters. The van der Waals surface area contributed by atoms with E-state index in [0.717, 1.165) is 5.57 Å². The number of allylic oxidation sites excluding steroid dienone is 2. The van der Waals surface area contributed by atoms with Crippen LogP contribution in [0.25, 0.3) is 0 Å². The molecule has 2 fully saturated rings. The molecule has 8 nitrogen and oxygen atoms in total. The molecule has 0 aromatic rings. The average Bonchev–Trinajstić information content (AvgIpc) is 2.88. The van der Waals surface area contributed by atoms with E-state index in [1.807, 2.05) is 6.92 Å². The molecule has 31 heavy (non-hydrogen) atoms. The third-order valence-corrected chi connectivity index (χ3v) is 8.57. The molecule has 0 aromatic heterocycles. The fourth-order valence-corrected chi connectivity index (χ4v) is 6.99. The number of carbonyl (C=O) groups excluding carboxylic acids is 2. The van der Waals surface area contributed by atoms with E-state index in [0.29, 0.717) is 31.3 Å². The first-order valence-electron chi connectivity index (χ1n) is 10.8. The molecule has 170 valence electrons. The number of fused-ring (bicyclic) bond motifs is 5. The molecule has 8 heteroatoms. The van der Waals surface area contributed by atoms with Gasteiger partial charge in [0.2, 0.25) is 0 Å². The Labute approximate surface area is 180 Å². The second-order valence-corrected chi connectivity index (χ2v) is 10.1. The molecule has 0 heterocycles. The minimum Gasteiger partial charge on any atom is -0.481 e. The third kappa shape index (κ3) is 2.92. The first-order valence-corrected chi connectivity index (χ1v) is 10.8. The van der Waals surface area contributed by atoms with Crippen LogP contribution in [0.3, 0.4) is 0 Å². The summed E-state index contributed by atoms with van der Waals surface area (Å²) in [5.41, 5.74) is -2.47. The lowest BCUT2D eigenvalue weighted by Gasteiger charge is -2.59. The van der Waals surface area contributed by atoms with Crippen molar-refractivity contribution in [2.24, 2.45) is 22.7 Å². The van der Waals surface area contributed by atoms with Gasteiger partial charge < -0.3 is 25.5 Å². The van der Waals surface area contributed by atoms with Crippen molar-refractivity contribution in [3.05, 3.63) is 23.3 Å². The molecule has 0 amide bonds. The van der Waals surface area contributed by atoms with E-state index in [9.17, 15) is 34.8 Å². The number of Topliss-reactive ketones (excluding diaryl/α,β-unsaturated/α-hetero) is 1. The number of carbonyl (C=O) groups is 3. The first kappa shape index (κ1) is 22.3. The summed E-state index contributed by atoms with van der Waals surface area (Å²) in [6.45, 7) is 3.64. The lowest BCUT2D eigenvalue weighted by Crippen LogP contribution is -2.64. The maximum Gasteiger partial charge on any atom is 0.306 e. The van der Waals surface area contributed by atoms with Crippen LogP contribution in [0, 0.1) is 22.7 Å². The maximum atomic E-state index is 13.0. The van der Waals surface area contributed by atoms with Gasteiger partial charge in [0.1, 0.15) is 12.2 Å². The molecule has 0 spiro atoms. The Bertz CT molecular complexity index is 905. The molecule has 2 saturated carbocycles. The number of aliphatic carboxylic acids is 1. The van der Waals surface area contributed by atoms with Gasteiger partial charge in [-0.15, -0.1) is 0 Å². The number of ketones is 2. The molecule has 1 unspecified atom stereocenters. The summed E-state index contributed by atoms with van der Waals surface area (Å²) in [7, 11) is 0. The summed E-state index contributed by atoms with van der Waals surface area (Å²) >= 11 is 0. The first-order chi connectivity index (χ1) is 14.4. The second kappa shape index (κ2) is 7.07. The number of aliphatic hydroxyl groups excluding tert-OH is 3. The van der Waals surface area contributed by atoms with Crippen molar-refractivity contribution in [2.45, 2.75) is 76.3 Å². The Morgan fingerprint density at radius 3 is 2.55 bits per heavy atom. The number of rotatable bonds is 4. The Balaban J connectivity index is 1.73. The van der Waals surface area contributed by atoms with Crippen molar-refractivity contribution < 1.29 is 39.9 Å². The lowest BCUT2D eigenvalue weighted by atomic mass is 9.46. The van der Waals surface area contributed by atoms with Crippen molar-refractivity contribution in [1.29, 1.82) is 0 Å². The van der Waals surface area contributed by atoms with E-state index < -0.39 is 52.9 Å². The predicted molar refractivity (Wildman–Crippen MR) is 108 cm³/mol. The van der Waals surface area contributed by atoms with E-state index in [2.05, 4.69) is 0 Å². The normalized spacial score (nSPS) is 45.0. The van der Waals surface area contributed by atoms with Crippen LogP contribution in [0.1, 0.15) is 52.4 Å². The van der Waals surface area contributed by atoms with E-state index in [-0.39, 0.29) is 24.0 Å². The van der Waals surface area contributed by atoms with Gasteiger partial charge in [0.15, 0.2) is 17.2 Å². The van der Waals surface area contributed by atoms with Gasteiger partial charge in [0.25, 0.3) is 0 Å². The molecular weight excluding hydrogens is 404 g/mol. The predicted octanol–water partition coefficient (Wildman–Crippen LogP) is 0.516. The zero-order valence-electron chi connectivity index (χ0n) is 17.7. The summed E-state index contributed by atoms with van der Waals surface area (Å²) < 4.78 is 0. The van der Waals surface area contributed by atoms with Crippen molar-refractivity contribution in [1.82, 2.24) is 0 Å². The Morgan fingerprint density at radius 2 is 1.90 bits per heavy atom. The number of carboxylic acids is 1. The molecule has 4 aliphatic carbocycles. The number of carboxylic acid groups (broad SMARTS) is 1. The standard InChI is InChI=1S/C23H30O8/c1-21-6-5-12(24)7-11(21)3-4-13-14-8-17(27)23(31,20(30)15(25)9-18(28)29)22(14,2)10-16(26)19(13)21/h7-8,13,15-17,19,25-27,31H,3-6,9-10H2,1-2H3,(H,28,29)/t13-,15?,16-,17+,19+,21-,22-,23-/m0/s1. The fraction of sp³-hybridized carbons (Fsp3) is 0.696. The average molecular weight is 434 g/mol. The second-order valence-electron chi connectivity index (χ2n) is 10.1. The highest BCUT2D eigenvalue weighted by Gasteiger charge is 2.69. The molecule has 0 bridgehead atoms. The summed E-state index contributed by atoms with van der Waals surface area (Å²) in [6, 6.07) is 0. The molecule has 5 N–H and O–H groups in total. The van der Waals surface area contributed by atoms with Crippen molar-refractivity contribution >= 4 is 17.5 Å². The summed E-state index contributed by atoms with van der Waals surface area (Å²) in [4.78, 5) is 35.9. The molecule has 0 radical (unpaired) electrons. The number of hydrogen-bond donors (Lipinski definition) is 5. The minimum atomic E-state index is -2.43. The van der Waals surface area contributed by atoms with Crippen LogP contribution in [0.2, 0.25) is 0 Å². The van der Waals surface area contributed by atoms with Gasteiger partial charge in [-0.3, -0.25) is 14.4 Å². The van der Waals surface area contributed by atoms with E-state index in [1.54, 1.807) is 13.0 Å². The Morgan fingerprint density at radius 1 is 1.23 bits per heavy atom. The van der Waals surface area contributed by atoms with Crippen molar-refractivity contribution in [3.8, 4) is 0 Å². The van der Waals surface area contributed by atoms with E-state index in [1.165, 1.54) is 6.08 Å². The van der Waals surface area contributed by atoms with Crippen LogP contribution < -0.4 is 0 Å². The van der Waals surface area contributed by atoms with Gasteiger partial charge in [-0.1, -0.05) is 31.1 Å². The summed E-state index contributed by atoms with van der Waals surface area (Å²) in [6.07, 6.45) is 0.0225. The Hall–Kier alpha value is -1.87. The van der Waals surface area contributed by atoms with Gasteiger partial charge in [0, 0.05) is 17.8 Å². The third-order valence-electron chi connectivity index (χ3n) is 8.57. The van der Waals surface area contributed by atoms with Crippen LogP contribution in [0.4, 0.5) is 0 Å². The number of aliphatic hydroxyl groups is 4. The lowest BCUT2D eigenvalue weighted by molar-refractivity contribution is -0.182. The van der Waals surface area contributed by atoms with Crippen molar-refractivity contribution in [3.63, 3.8) is 0 Å². The highest BCUT2D eigenvalue weighted by molar-refractivity contribution is 5.96. The molecule has 4 aliphatic rings. The van der Waals surface area contributed by atoms with Gasteiger partial charge in [0.05, 0.1) is 12.5 Å². The van der Waals surface area contributed by atoms with Crippen LogP contribution in [0.5, 0.6) is 0 Å². The van der Waals surface area contributed by atoms with E-state index >= 15 is 0 Å². The SMILES string of the molecule is C[C@]12CCC(=O)C=C1CC[C@H]1C3=C[C@@H](O)[C@](O)(C(=O)C(O)CC(=O)O)[C@@]3(C)C[C@H](O)[C@@H]12. The van der Waals surface area contributed by atoms with Gasteiger partial charge in [-0.2, -0.15) is 0 Å². The summed E-state index contributed by atoms with van der Waals surface area (Å²) in [5.74, 6) is -2.90. The van der Waals surface area contributed by atoms with Gasteiger partial charge in [-0.05, 0) is 43.1 Å². The molecule has 0 aromatic carbocycles. The van der Waals surface area contributed by atoms with Crippen LogP contribution in [-0.2, 0) is 14.4 Å². The minimum absolute atomic E-state index is 0.0179. The largest absolute Gasteiger partial charge is 0.481 e. The van der Waals surface area contributed by atoms with Gasteiger partial charge >= 0.3 is 5.97 Å². The maximum absolute atomic E-state index is 13.0. The fourth-order valence-electron chi connectivity index (χ4n) is 6.99. The Kier molecular flexibility index (Phi) is 5.09.